The van der Waals surface area contributed by atoms with E-state index in [-0.39, 0.29) is 16.5 Å². The van der Waals surface area contributed by atoms with E-state index in [0.717, 1.165) is 4.88 Å². The van der Waals surface area contributed by atoms with Gasteiger partial charge in [-0.2, -0.15) is 0 Å². The minimum Gasteiger partial charge on any atom is -0.491 e. The fraction of sp³-hybridized carbons (Fsp3) is 0.286. The van der Waals surface area contributed by atoms with Crippen molar-refractivity contribution in [1.29, 1.82) is 0 Å². The van der Waals surface area contributed by atoms with Gasteiger partial charge in [-0.05, 0) is 43.7 Å². The molecule has 0 spiro atoms. The van der Waals surface area contributed by atoms with Crippen molar-refractivity contribution in [1.82, 2.24) is 4.72 Å². The summed E-state index contributed by atoms with van der Waals surface area (Å²) in [6.07, 6.45) is 0. The Labute approximate surface area is 127 Å². The van der Waals surface area contributed by atoms with Crippen molar-refractivity contribution in [3.63, 3.8) is 0 Å². The van der Waals surface area contributed by atoms with Crippen LogP contribution in [0.1, 0.15) is 17.4 Å². The van der Waals surface area contributed by atoms with E-state index in [4.69, 9.17) is 4.74 Å². The van der Waals surface area contributed by atoms with Crippen molar-refractivity contribution < 1.29 is 17.5 Å². The van der Waals surface area contributed by atoms with Crippen LogP contribution >= 0.6 is 11.3 Å². The molecule has 0 amide bonds. The van der Waals surface area contributed by atoms with E-state index in [1.165, 1.54) is 23.5 Å². The van der Waals surface area contributed by atoms with Gasteiger partial charge in [0.15, 0.2) is 11.6 Å². The zero-order valence-corrected chi connectivity index (χ0v) is 13.4. The quantitative estimate of drug-likeness (QED) is 0.886. The van der Waals surface area contributed by atoms with Crippen LogP contribution in [0.25, 0.3) is 0 Å². The number of hydrogen-bond acceptors (Lipinski definition) is 4. The predicted octanol–water partition coefficient (Wildman–Crippen LogP) is 3.07. The second-order valence-electron chi connectivity index (χ2n) is 4.39. The Balaban J connectivity index is 2.07. The van der Waals surface area contributed by atoms with Crippen molar-refractivity contribution in [2.75, 3.05) is 6.61 Å². The molecule has 0 aliphatic heterocycles. The SMILES string of the molecule is CCOc1ccc(CNS(=O)(=O)c2ccc(C)s2)cc1F. The van der Waals surface area contributed by atoms with Crippen molar-refractivity contribution in [2.45, 2.75) is 24.6 Å². The monoisotopic (exact) mass is 329 g/mol. The van der Waals surface area contributed by atoms with Crippen LogP contribution in [0, 0.1) is 12.7 Å². The lowest BCUT2D eigenvalue weighted by molar-refractivity contribution is 0.321. The number of hydrogen-bond donors (Lipinski definition) is 1. The van der Waals surface area contributed by atoms with Crippen LogP contribution in [0.15, 0.2) is 34.5 Å². The van der Waals surface area contributed by atoms with Gasteiger partial charge in [0.05, 0.1) is 6.61 Å². The molecule has 0 saturated heterocycles. The standard InChI is InChI=1S/C14H16FNO3S2/c1-3-19-13-6-5-11(8-12(13)15)9-16-21(17,18)14-7-4-10(2)20-14/h4-8,16H,3,9H2,1-2H3. The summed E-state index contributed by atoms with van der Waals surface area (Å²) in [6, 6.07) is 7.71. The highest BCUT2D eigenvalue weighted by Crippen LogP contribution is 2.21. The summed E-state index contributed by atoms with van der Waals surface area (Å²) in [5, 5.41) is 0. The van der Waals surface area contributed by atoms with Crippen molar-refractivity contribution in [2.24, 2.45) is 0 Å². The largest absolute Gasteiger partial charge is 0.491 e. The van der Waals surface area contributed by atoms with Gasteiger partial charge in [0.2, 0.25) is 10.0 Å². The van der Waals surface area contributed by atoms with Gasteiger partial charge in [-0.1, -0.05) is 6.07 Å². The van der Waals surface area contributed by atoms with E-state index in [0.29, 0.717) is 12.2 Å². The molecule has 0 fully saturated rings. The lowest BCUT2D eigenvalue weighted by Crippen LogP contribution is -2.22. The molecule has 0 atom stereocenters. The Morgan fingerprint density at radius 1 is 1.29 bits per heavy atom. The second kappa shape index (κ2) is 6.55. The van der Waals surface area contributed by atoms with E-state index >= 15 is 0 Å². The highest BCUT2D eigenvalue weighted by Gasteiger charge is 2.16. The Morgan fingerprint density at radius 2 is 2.05 bits per heavy atom. The van der Waals surface area contributed by atoms with Gasteiger partial charge in [-0.25, -0.2) is 17.5 Å². The Morgan fingerprint density at radius 3 is 2.62 bits per heavy atom. The van der Waals surface area contributed by atoms with Crippen LogP contribution in [-0.4, -0.2) is 15.0 Å². The van der Waals surface area contributed by atoms with E-state index in [1.807, 2.05) is 6.92 Å². The first-order valence-corrected chi connectivity index (χ1v) is 8.69. The average molecular weight is 329 g/mol. The molecule has 0 aliphatic carbocycles. The molecule has 0 bridgehead atoms. The van der Waals surface area contributed by atoms with Gasteiger partial charge in [0, 0.05) is 11.4 Å². The maximum absolute atomic E-state index is 13.7. The Kier molecular flexibility index (Phi) is 4.97. The smallest absolute Gasteiger partial charge is 0.250 e. The first-order valence-electron chi connectivity index (χ1n) is 6.39. The molecule has 114 valence electrons. The summed E-state index contributed by atoms with van der Waals surface area (Å²) in [5.74, 6) is -0.335. The molecule has 7 heteroatoms. The van der Waals surface area contributed by atoms with Crippen LogP contribution in [0.4, 0.5) is 4.39 Å². The number of halogens is 1. The number of nitrogens with one attached hydrogen (secondary N) is 1. The molecule has 1 aromatic carbocycles. The van der Waals surface area contributed by atoms with Crippen molar-refractivity contribution in [3.8, 4) is 5.75 Å². The van der Waals surface area contributed by atoms with Crippen LogP contribution in [-0.2, 0) is 16.6 Å². The Hall–Kier alpha value is -1.44. The molecular weight excluding hydrogens is 313 g/mol. The molecule has 1 N–H and O–H groups in total. The van der Waals surface area contributed by atoms with Crippen molar-refractivity contribution >= 4 is 21.4 Å². The third-order valence-corrected chi connectivity index (χ3v) is 5.64. The first kappa shape index (κ1) is 15.9. The Bertz CT molecular complexity index is 726. The first-order chi connectivity index (χ1) is 9.92. The van der Waals surface area contributed by atoms with Gasteiger partial charge in [0.25, 0.3) is 0 Å². The van der Waals surface area contributed by atoms with Crippen LogP contribution in [0.5, 0.6) is 5.75 Å². The molecule has 21 heavy (non-hydrogen) atoms. The van der Waals surface area contributed by atoms with Gasteiger partial charge in [-0.3, -0.25) is 0 Å². The zero-order valence-electron chi connectivity index (χ0n) is 11.7. The number of rotatable bonds is 6. The number of sulfonamides is 1. The maximum atomic E-state index is 13.7. The lowest BCUT2D eigenvalue weighted by Gasteiger charge is -2.08. The van der Waals surface area contributed by atoms with Gasteiger partial charge in [-0.15, -0.1) is 11.3 Å². The average Bonchev–Trinajstić information content (AvgIpc) is 2.87. The van der Waals surface area contributed by atoms with Gasteiger partial charge >= 0.3 is 0 Å². The van der Waals surface area contributed by atoms with E-state index in [9.17, 15) is 12.8 Å². The molecule has 4 nitrogen and oxygen atoms in total. The normalized spacial score (nSPS) is 11.6. The lowest BCUT2D eigenvalue weighted by atomic mass is 10.2. The summed E-state index contributed by atoms with van der Waals surface area (Å²) in [5.41, 5.74) is 0.535. The summed E-state index contributed by atoms with van der Waals surface area (Å²) in [4.78, 5) is 0.919. The second-order valence-corrected chi connectivity index (χ2v) is 7.67. The van der Waals surface area contributed by atoms with Gasteiger partial charge in [0.1, 0.15) is 4.21 Å². The summed E-state index contributed by atoms with van der Waals surface area (Å²) in [6.45, 7) is 4.01. The van der Waals surface area contributed by atoms with Crippen LogP contribution in [0.2, 0.25) is 0 Å². The highest BCUT2D eigenvalue weighted by atomic mass is 32.2. The number of aryl methyl sites for hydroxylation is 1. The molecule has 2 rings (SSSR count). The molecule has 1 aromatic heterocycles. The molecule has 2 aromatic rings. The maximum Gasteiger partial charge on any atom is 0.250 e. The minimum atomic E-state index is -3.56. The highest BCUT2D eigenvalue weighted by molar-refractivity contribution is 7.91. The van der Waals surface area contributed by atoms with Crippen LogP contribution in [0.3, 0.4) is 0 Å². The van der Waals surface area contributed by atoms with Crippen molar-refractivity contribution in [3.05, 3.63) is 46.6 Å². The minimum absolute atomic E-state index is 0.0304. The fourth-order valence-electron chi connectivity index (χ4n) is 1.73. The zero-order chi connectivity index (χ0) is 15.5. The number of thiophene rings is 1. The third kappa shape index (κ3) is 4.03. The van der Waals surface area contributed by atoms with E-state index in [2.05, 4.69) is 4.72 Å². The summed E-state index contributed by atoms with van der Waals surface area (Å²) in [7, 11) is -3.56. The predicted molar refractivity (Wildman–Crippen MR) is 80.7 cm³/mol. The van der Waals surface area contributed by atoms with Crippen LogP contribution < -0.4 is 9.46 Å². The summed E-state index contributed by atoms with van der Waals surface area (Å²) >= 11 is 1.20. The number of benzene rings is 1. The third-order valence-electron chi connectivity index (χ3n) is 2.74. The topological polar surface area (TPSA) is 55.4 Å². The fourth-order valence-corrected chi connectivity index (χ4v) is 4.08. The summed E-state index contributed by atoms with van der Waals surface area (Å²) < 4.78 is 45.6. The van der Waals surface area contributed by atoms with E-state index < -0.39 is 15.8 Å². The molecule has 0 unspecified atom stereocenters. The molecule has 1 heterocycles. The molecular formula is C14H16FNO3S2. The van der Waals surface area contributed by atoms with E-state index in [1.54, 1.807) is 25.1 Å². The molecule has 0 saturated carbocycles. The molecule has 0 radical (unpaired) electrons. The van der Waals surface area contributed by atoms with Gasteiger partial charge < -0.3 is 4.74 Å². The number of ether oxygens (including phenoxy) is 1. The molecule has 0 aliphatic rings.